The highest BCUT2D eigenvalue weighted by molar-refractivity contribution is 7.99. The van der Waals surface area contributed by atoms with Crippen LogP contribution in [0.15, 0.2) is 29.3 Å². The van der Waals surface area contributed by atoms with E-state index >= 15 is 0 Å². The number of hydrogen-bond donors (Lipinski definition) is 8. The van der Waals surface area contributed by atoms with Crippen LogP contribution in [-0.2, 0) is 35.2 Å². The minimum Gasteiger partial charge on any atom is -0.480 e. The Morgan fingerprint density at radius 1 is 0.957 bits per heavy atom. The number of carboxylic acid groups (broad SMARTS) is 1. The number of carbonyl (C=O) groups is 6. The summed E-state index contributed by atoms with van der Waals surface area (Å²) in [4.78, 5) is 82.3. The number of rotatable bonds is 6. The molecule has 1 aliphatic carbocycles. The second-order valence-corrected chi connectivity index (χ2v) is 13.8. The molecular weight excluding hydrogens is 628 g/mol. The lowest BCUT2D eigenvalue weighted by Crippen LogP contribution is -2.60. The Labute approximate surface area is 276 Å². The third-order valence-corrected chi connectivity index (χ3v) is 9.59. The molecule has 4 rings (SSSR count). The molecule has 0 bridgehead atoms. The topological polar surface area (TPSA) is 219 Å². The number of thioether (sulfide) groups is 1. The standard InChI is InChI=1S/C32H44N6O8S/c1-15(2)12-22-28(42)33-16(3)26(40)38-25(17(4)39)30(44)36-24(32(45)46)14-47-31-20(19-10-5-6-11-21(19)37-31)13-23(29(43)35-22)34-27(41)18-8-7-9-18/h5-6,10-11,15-18,22-25,37,39H,7-9,12-14H2,1-4H3,(H,33,42)(H,34,41)(H,35,43)(H,36,44)(H,38,40)(H,45,46)/t16-,17-,22+,23+,24+,25+/m1/s1. The van der Waals surface area contributed by atoms with Crippen LogP contribution in [0.1, 0.15) is 58.9 Å². The molecule has 2 heterocycles. The SMILES string of the molecule is CC(C)C[C@@H]1NC(=O)[C@@H](NC(=O)C2CCC2)Cc2c([nH]c3ccccc23)SC[C@@H](C(=O)O)NC(=O)[C@H]([C@@H](C)O)NC(=O)[C@@H](C)NC1=O. The Kier molecular flexibility index (Phi) is 11.9. The zero-order valence-corrected chi connectivity index (χ0v) is 27.7. The summed E-state index contributed by atoms with van der Waals surface area (Å²) in [5, 5.41) is 34.6. The normalized spacial score (nSPS) is 26.0. The number of aliphatic hydroxyl groups excluding tert-OH is 1. The Balaban J connectivity index is 1.77. The van der Waals surface area contributed by atoms with E-state index in [2.05, 4.69) is 31.6 Å². The van der Waals surface area contributed by atoms with Crippen molar-refractivity contribution in [3.63, 3.8) is 0 Å². The molecule has 2 aromatic rings. The van der Waals surface area contributed by atoms with Crippen LogP contribution >= 0.6 is 11.8 Å². The van der Waals surface area contributed by atoms with Gasteiger partial charge in [-0.25, -0.2) is 4.79 Å². The second kappa shape index (κ2) is 15.7. The first-order valence-corrected chi connectivity index (χ1v) is 16.9. The molecule has 0 radical (unpaired) electrons. The highest BCUT2D eigenvalue weighted by atomic mass is 32.2. The molecule has 1 aromatic carbocycles. The number of aliphatic hydroxyl groups is 1. The fraction of sp³-hybridized carbons (Fsp3) is 0.562. The second-order valence-electron chi connectivity index (χ2n) is 12.7. The van der Waals surface area contributed by atoms with E-state index in [-0.39, 0.29) is 36.3 Å². The van der Waals surface area contributed by atoms with Crippen LogP contribution in [-0.4, -0.2) is 92.8 Å². The van der Waals surface area contributed by atoms with Gasteiger partial charge in [0, 0.05) is 29.0 Å². The first-order valence-electron chi connectivity index (χ1n) is 15.9. The lowest BCUT2D eigenvalue weighted by molar-refractivity contribution is -0.142. The number of amides is 5. The summed E-state index contributed by atoms with van der Waals surface area (Å²) in [5.74, 6) is -4.93. The highest BCUT2D eigenvalue weighted by Crippen LogP contribution is 2.32. The summed E-state index contributed by atoms with van der Waals surface area (Å²) < 4.78 is 0. The summed E-state index contributed by atoms with van der Waals surface area (Å²) in [7, 11) is 0. The Bertz CT molecular complexity index is 1510. The molecule has 0 unspecified atom stereocenters. The monoisotopic (exact) mass is 672 g/mol. The van der Waals surface area contributed by atoms with Crippen LogP contribution in [0.4, 0.5) is 0 Å². The van der Waals surface area contributed by atoms with Gasteiger partial charge in [-0.15, -0.1) is 11.8 Å². The first kappa shape index (κ1) is 35.7. The molecule has 0 spiro atoms. The zero-order valence-electron chi connectivity index (χ0n) is 26.9. The number of nitrogens with one attached hydrogen (secondary N) is 6. The number of para-hydroxylation sites is 1. The molecule has 1 aromatic heterocycles. The predicted octanol–water partition coefficient (Wildman–Crippen LogP) is 0.572. The fourth-order valence-corrected chi connectivity index (χ4v) is 6.62. The van der Waals surface area contributed by atoms with Crippen LogP contribution in [0.5, 0.6) is 0 Å². The average molecular weight is 673 g/mol. The first-order chi connectivity index (χ1) is 22.2. The van der Waals surface area contributed by atoms with Crippen molar-refractivity contribution in [2.75, 3.05) is 5.75 Å². The number of H-pyrrole nitrogens is 1. The molecule has 0 saturated heterocycles. The predicted molar refractivity (Wildman–Crippen MR) is 174 cm³/mol. The van der Waals surface area contributed by atoms with Crippen molar-refractivity contribution in [2.24, 2.45) is 11.8 Å². The molecule has 2 aliphatic rings. The van der Waals surface area contributed by atoms with E-state index in [0.717, 1.165) is 29.1 Å². The third kappa shape index (κ3) is 9.04. The molecule has 6 atom stereocenters. The average Bonchev–Trinajstić information content (AvgIpc) is 3.31. The largest absolute Gasteiger partial charge is 0.480 e. The molecule has 256 valence electrons. The number of fused-ring (bicyclic) bond motifs is 3. The third-order valence-electron chi connectivity index (χ3n) is 8.46. The maximum atomic E-state index is 14.0. The summed E-state index contributed by atoms with van der Waals surface area (Å²) >= 11 is 1.11. The van der Waals surface area contributed by atoms with Gasteiger partial charge in [-0.2, -0.15) is 0 Å². The maximum Gasteiger partial charge on any atom is 0.327 e. The van der Waals surface area contributed by atoms with Crippen LogP contribution < -0.4 is 26.6 Å². The van der Waals surface area contributed by atoms with Crippen LogP contribution in [0.25, 0.3) is 10.9 Å². The van der Waals surface area contributed by atoms with Gasteiger partial charge in [-0.1, -0.05) is 38.5 Å². The van der Waals surface area contributed by atoms with E-state index in [0.29, 0.717) is 23.4 Å². The summed E-state index contributed by atoms with van der Waals surface area (Å²) in [6, 6.07) is 1.08. The van der Waals surface area contributed by atoms with Crippen LogP contribution in [0, 0.1) is 11.8 Å². The summed E-state index contributed by atoms with van der Waals surface area (Å²) in [6.07, 6.45) is 1.21. The van der Waals surface area contributed by atoms with Gasteiger partial charge >= 0.3 is 5.97 Å². The zero-order chi connectivity index (χ0) is 34.4. The van der Waals surface area contributed by atoms with E-state index in [1.165, 1.54) is 13.8 Å². The van der Waals surface area contributed by atoms with Gasteiger partial charge < -0.3 is 41.8 Å². The van der Waals surface area contributed by atoms with E-state index in [1.54, 1.807) is 0 Å². The number of hydrogen-bond acceptors (Lipinski definition) is 8. The van der Waals surface area contributed by atoms with Crippen molar-refractivity contribution in [3.05, 3.63) is 29.8 Å². The van der Waals surface area contributed by atoms with Gasteiger partial charge in [0.1, 0.15) is 30.2 Å². The van der Waals surface area contributed by atoms with Gasteiger partial charge in [0.2, 0.25) is 29.5 Å². The smallest absolute Gasteiger partial charge is 0.327 e. The molecule has 1 aliphatic heterocycles. The van der Waals surface area contributed by atoms with Crippen molar-refractivity contribution in [2.45, 2.75) is 101 Å². The van der Waals surface area contributed by atoms with Gasteiger partial charge in [0.25, 0.3) is 0 Å². The van der Waals surface area contributed by atoms with E-state index in [4.69, 9.17) is 0 Å². The van der Waals surface area contributed by atoms with Crippen LogP contribution in [0.2, 0.25) is 0 Å². The molecule has 1 saturated carbocycles. The minimum atomic E-state index is -1.51. The summed E-state index contributed by atoms with van der Waals surface area (Å²) in [5.41, 5.74) is 1.38. The van der Waals surface area contributed by atoms with Gasteiger partial charge in [0.15, 0.2) is 0 Å². The maximum absolute atomic E-state index is 14.0. The van der Waals surface area contributed by atoms with E-state index < -0.39 is 65.9 Å². The molecule has 8 N–H and O–H groups in total. The minimum absolute atomic E-state index is 0.0274. The van der Waals surface area contributed by atoms with Gasteiger partial charge in [0.05, 0.1) is 11.1 Å². The van der Waals surface area contributed by atoms with Crippen LogP contribution in [0.3, 0.4) is 0 Å². The fourth-order valence-electron chi connectivity index (χ4n) is 5.52. The molecule has 14 nitrogen and oxygen atoms in total. The van der Waals surface area contributed by atoms with Crippen molar-refractivity contribution in [3.8, 4) is 0 Å². The molecule has 47 heavy (non-hydrogen) atoms. The van der Waals surface area contributed by atoms with E-state index in [9.17, 15) is 39.0 Å². The van der Waals surface area contributed by atoms with Gasteiger partial charge in [-0.05, 0) is 50.7 Å². The number of carboxylic acids is 1. The van der Waals surface area contributed by atoms with Gasteiger partial charge in [-0.3, -0.25) is 24.0 Å². The lowest BCUT2D eigenvalue weighted by Gasteiger charge is -2.29. The van der Waals surface area contributed by atoms with Crippen molar-refractivity contribution in [1.29, 1.82) is 0 Å². The number of carbonyl (C=O) groups excluding carboxylic acids is 5. The number of aromatic nitrogens is 1. The van der Waals surface area contributed by atoms with Crippen molar-refractivity contribution in [1.82, 2.24) is 31.6 Å². The Morgan fingerprint density at radius 2 is 1.66 bits per heavy atom. The summed E-state index contributed by atoms with van der Waals surface area (Å²) in [6.45, 7) is 6.41. The van der Waals surface area contributed by atoms with Crippen molar-refractivity contribution < 1.29 is 39.0 Å². The number of aromatic amines is 1. The number of benzene rings is 1. The highest BCUT2D eigenvalue weighted by Gasteiger charge is 2.35. The lowest BCUT2D eigenvalue weighted by atomic mass is 9.84. The number of aliphatic carboxylic acids is 1. The van der Waals surface area contributed by atoms with Crippen molar-refractivity contribution >= 4 is 58.2 Å². The molecule has 1 fully saturated rings. The Morgan fingerprint density at radius 3 is 2.28 bits per heavy atom. The van der Waals surface area contributed by atoms with E-state index in [1.807, 2.05) is 38.1 Å². The molecule has 5 amide bonds. The quantitative estimate of drug-likeness (QED) is 0.215. The molecule has 15 heteroatoms. The Hall–Kier alpha value is -4.11. The molecular formula is C32H44N6O8S.